The van der Waals surface area contributed by atoms with Gasteiger partial charge >= 0.3 is 0 Å². The van der Waals surface area contributed by atoms with Crippen molar-refractivity contribution < 1.29 is 23.9 Å². The lowest BCUT2D eigenvalue weighted by Crippen LogP contribution is -2.32. The van der Waals surface area contributed by atoms with Crippen molar-refractivity contribution in [2.45, 2.75) is 25.5 Å². The van der Waals surface area contributed by atoms with E-state index in [2.05, 4.69) is 10.6 Å². The maximum atomic E-state index is 13.0. The van der Waals surface area contributed by atoms with E-state index < -0.39 is 11.8 Å². The Morgan fingerprint density at radius 3 is 2.42 bits per heavy atom. The normalized spacial score (nSPS) is 16.7. The molecule has 0 aliphatic carbocycles. The fourth-order valence-corrected chi connectivity index (χ4v) is 4.43. The summed E-state index contributed by atoms with van der Waals surface area (Å²) in [6, 6.07) is 20.4. The molecule has 0 spiro atoms. The quantitative estimate of drug-likeness (QED) is 0.499. The third-order valence-electron chi connectivity index (χ3n) is 6.35. The Morgan fingerprint density at radius 2 is 1.64 bits per heavy atom. The molecule has 8 nitrogen and oxygen atoms in total. The lowest BCUT2D eigenvalue weighted by molar-refractivity contribution is 0.0641. The first-order valence-electron chi connectivity index (χ1n) is 11.9. The van der Waals surface area contributed by atoms with E-state index in [1.54, 1.807) is 24.3 Å². The van der Waals surface area contributed by atoms with Gasteiger partial charge in [-0.05, 0) is 48.7 Å². The predicted molar refractivity (Wildman–Crippen MR) is 133 cm³/mol. The van der Waals surface area contributed by atoms with Gasteiger partial charge in [-0.2, -0.15) is 0 Å². The highest BCUT2D eigenvalue weighted by Crippen LogP contribution is 2.26. The molecule has 3 aromatic rings. The van der Waals surface area contributed by atoms with Crippen molar-refractivity contribution in [2.24, 2.45) is 0 Å². The molecule has 1 atom stereocenters. The molecule has 8 heteroatoms. The second-order valence-electron chi connectivity index (χ2n) is 8.79. The van der Waals surface area contributed by atoms with E-state index in [1.807, 2.05) is 30.3 Å². The minimum Gasteiger partial charge on any atom is -0.376 e. The van der Waals surface area contributed by atoms with Crippen molar-refractivity contribution in [3.8, 4) is 0 Å². The summed E-state index contributed by atoms with van der Waals surface area (Å²) in [6.45, 7) is 1.26. The van der Waals surface area contributed by atoms with Crippen LogP contribution < -0.4 is 10.6 Å². The van der Waals surface area contributed by atoms with Crippen LogP contribution >= 0.6 is 0 Å². The lowest BCUT2D eigenvalue weighted by Gasteiger charge is -2.14. The summed E-state index contributed by atoms with van der Waals surface area (Å²) in [5.41, 5.74) is 2.17. The van der Waals surface area contributed by atoms with Crippen molar-refractivity contribution in [3.63, 3.8) is 0 Å². The number of benzene rings is 3. The first-order valence-corrected chi connectivity index (χ1v) is 11.9. The zero-order valence-electron chi connectivity index (χ0n) is 19.5. The summed E-state index contributed by atoms with van der Waals surface area (Å²) < 4.78 is 5.55. The SMILES string of the molecule is O=C(Nc1ccccc1C(=O)NCC1CCCO1)c1ccc2c(c1)C(=O)N(Cc1ccccc1)C2=O. The number of para-hydroxylation sites is 1. The summed E-state index contributed by atoms with van der Waals surface area (Å²) in [4.78, 5) is 52.8. The maximum absolute atomic E-state index is 13.0. The molecule has 0 bridgehead atoms. The smallest absolute Gasteiger partial charge is 0.261 e. The van der Waals surface area contributed by atoms with Crippen molar-refractivity contribution in [1.29, 1.82) is 0 Å². The van der Waals surface area contributed by atoms with E-state index in [9.17, 15) is 19.2 Å². The Bertz CT molecular complexity index is 1330. The lowest BCUT2D eigenvalue weighted by atomic mass is 10.0. The van der Waals surface area contributed by atoms with Crippen LogP contribution in [0, 0.1) is 0 Å². The Labute approximate surface area is 208 Å². The maximum Gasteiger partial charge on any atom is 0.261 e. The highest BCUT2D eigenvalue weighted by atomic mass is 16.5. The number of nitrogens with one attached hydrogen (secondary N) is 2. The number of hydrogen-bond acceptors (Lipinski definition) is 5. The summed E-state index contributed by atoms with van der Waals surface area (Å²) >= 11 is 0. The number of carbonyl (C=O) groups excluding carboxylic acids is 4. The summed E-state index contributed by atoms with van der Waals surface area (Å²) in [7, 11) is 0. The largest absolute Gasteiger partial charge is 0.376 e. The molecular formula is C28H25N3O5. The van der Waals surface area contributed by atoms with Gasteiger partial charge < -0.3 is 15.4 Å². The average Bonchev–Trinajstić information content (AvgIpc) is 3.51. The molecule has 2 N–H and O–H groups in total. The van der Waals surface area contributed by atoms with Crippen LogP contribution in [0.1, 0.15) is 59.8 Å². The monoisotopic (exact) mass is 483 g/mol. The van der Waals surface area contributed by atoms with Gasteiger partial charge in [-0.25, -0.2) is 0 Å². The van der Waals surface area contributed by atoms with Crippen LogP contribution in [-0.4, -0.2) is 47.8 Å². The molecule has 2 aliphatic heterocycles. The van der Waals surface area contributed by atoms with Crippen molar-refractivity contribution in [3.05, 3.63) is 101 Å². The Kier molecular flexibility index (Phi) is 6.60. The first kappa shape index (κ1) is 23.4. The van der Waals surface area contributed by atoms with E-state index in [0.29, 0.717) is 24.4 Å². The van der Waals surface area contributed by atoms with E-state index in [1.165, 1.54) is 23.1 Å². The zero-order valence-corrected chi connectivity index (χ0v) is 19.5. The molecule has 1 unspecified atom stereocenters. The number of amides is 4. The Hall–Kier alpha value is -4.30. The number of nitrogens with zero attached hydrogens (tertiary/aromatic N) is 1. The van der Waals surface area contributed by atoms with Crippen LogP contribution in [0.15, 0.2) is 72.8 Å². The minimum atomic E-state index is -0.487. The van der Waals surface area contributed by atoms with E-state index in [4.69, 9.17) is 4.74 Å². The van der Waals surface area contributed by atoms with Gasteiger partial charge in [0.1, 0.15) is 0 Å². The molecule has 1 fully saturated rings. The van der Waals surface area contributed by atoms with Gasteiger partial charge in [0.05, 0.1) is 35.0 Å². The molecule has 182 valence electrons. The molecule has 0 radical (unpaired) electrons. The molecule has 5 rings (SSSR count). The van der Waals surface area contributed by atoms with Crippen LogP contribution in [-0.2, 0) is 11.3 Å². The average molecular weight is 484 g/mol. The van der Waals surface area contributed by atoms with Gasteiger partial charge in [0.2, 0.25) is 0 Å². The van der Waals surface area contributed by atoms with Crippen LogP contribution in [0.5, 0.6) is 0 Å². The predicted octanol–water partition coefficient (Wildman–Crippen LogP) is 3.64. The zero-order chi connectivity index (χ0) is 25.1. The molecule has 2 aliphatic rings. The molecule has 4 amide bonds. The molecule has 0 aromatic heterocycles. The van der Waals surface area contributed by atoms with Crippen LogP contribution in [0.2, 0.25) is 0 Å². The topological polar surface area (TPSA) is 105 Å². The standard InChI is InChI=1S/C28H25N3O5/c32-25(30-24-11-5-4-10-22(24)26(33)29-16-20-9-6-14-36-20)19-12-13-21-23(15-19)28(35)31(27(21)34)17-18-7-2-1-3-8-18/h1-5,7-8,10-13,15,20H,6,9,14,16-17H2,(H,29,33)(H,30,32). The second kappa shape index (κ2) is 10.1. The summed E-state index contributed by atoms with van der Waals surface area (Å²) in [6.07, 6.45) is 1.89. The van der Waals surface area contributed by atoms with Crippen molar-refractivity contribution in [1.82, 2.24) is 10.2 Å². The van der Waals surface area contributed by atoms with Gasteiger partial charge in [-0.15, -0.1) is 0 Å². The van der Waals surface area contributed by atoms with Gasteiger partial charge in [0.25, 0.3) is 23.6 Å². The Morgan fingerprint density at radius 1 is 0.889 bits per heavy atom. The van der Waals surface area contributed by atoms with Crippen molar-refractivity contribution in [2.75, 3.05) is 18.5 Å². The number of hydrogen-bond donors (Lipinski definition) is 2. The number of ether oxygens (including phenoxy) is 1. The van der Waals surface area contributed by atoms with Gasteiger partial charge in [-0.3, -0.25) is 24.1 Å². The summed E-state index contributed by atoms with van der Waals surface area (Å²) in [5.74, 6) is -1.63. The highest BCUT2D eigenvalue weighted by molar-refractivity contribution is 6.22. The van der Waals surface area contributed by atoms with Gasteiger partial charge in [-0.1, -0.05) is 42.5 Å². The molecular weight excluding hydrogens is 458 g/mol. The summed E-state index contributed by atoms with van der Waals surface area (Å²) in [5, 5.41) is 5.62. The number of rotatable bonds is 7. The molecule has 36 heavy (non-hydrogen) atoms. The van der Waals surface area contributed by atoms with E-state index >= 15 is 0 Å². The van der Waals surface area contributed by atoms with Crippen molar-refractivity contribution >= 4 is 29.3 Å². The molecule has 0 saturated carbocycles. The minimum absolute atomic E-state index is 0.00354. The number of anilines is 1. The Balaban J connectivity index is 1.30. The molecule has 1 saturated heterocycles. The van der Waals surface area contributed by atoms with E-state index in [0.717, 1.165) is 18.4 Å². The fourth-order valence-electron chi connectivity index (χ4n) is 4.43. The van der Waals surface area contributed by atoms with Gasteiger partial charge in [0.15, 0.2) is 0 Å². The molecule has 3 aromatic carbocycles. The third-order valence-corrected chi connectivity index (χ3v) is 6.35. The second-order valence-corrected chi connectivity index (χ2v) is 8.79. The highest BCUT2D eigenvalue weighted by Gasteiger charge is 2.36. The van der Waals surface area contributed by atoms with Crippen LogP contribution in [0.4, 0.5) is 5.69 Å². The number of imide groups is 1. The number of carbonyl (C=O) groups is 4. The van der Waals surface area contributed by atoms with Gasteiger partial charge in [0, 0.05) is 18.7 Å². The molecule has 2 heterocycles. The van der Waals surface area contributed by atoms with Crippen LogP contribution in [0.3, 0.4) is 0 Å². The number of fused-ring (bicyclic) bond motifs is 1. The first-order chi connectivity index (χ1) is 17.5. The van der Waals surface area contributed by atoms with Crippen LogP contribution in [0.25, 0.3) is 0 Å². The third kappa shape index (κ3) is 4.76. The van der Waals surface area contributed by atoms with E-state index in [-0.39, 0.29) is 41.2 Å². The fraction of sp³-hybridized carbons (Fsp3) is 0.214.